The number of rotatable bonds is 7. The number of carbonyl (C=O) groups excluding carboxylic acids is 1. The van der Waals surface area contributed by atoms with Gasteiger partial charge in [-0.15, -0.1) is 0 Å². The third kappa shape index (κ3) is 6.44. The van der Waals surface area contributed by atoms with Gasteiger partial charge in [-0.3, -0.25) is 4.79 Å². The van der Waals surface area contributed by atoms with Crippen molar-refractivity contribution in [3.8, 4) is 5.75 Å². The van der Waals surface area contributed by atoms with Crippen molar-refractivity contribution in [3.05, 3.63) is 34.3 Å². The Balaban J connectivity index is 2.69. The van der Waals surface area contributed by atoms with Gasteiger partial charge in [0, 0.05) is 17.7 Å². The third-order valence-electron chi connectivity index (χ3n) is 2.43. The highest BCUT2D eigenvalue weighted by Crippen LogP contribution is 2.30. The zero-order valence-electron chi connectivity index (χ0n) is 11.9. The molecule has 0 saturated heterocycles. The first-order valence-corrected chi connectivity index (χ1v) is 7.31. The van der Waals surface area contributed by atoms with Crippen LogP contribution in [0.5, 0.6) is 5.75 Å². The Morgan fingerprint density at radius 2 is 2.14 bits per heavy atom. The van der Waals surface area contributed by atoms with Crippen LogP contribution in [-0.2, 0) is 9.59 Å². The third-order valence-corrected chi connectivity index (χ3v) is 3.05. The van der Waals surface area contributed by atoms with Crippen LogP contribution in [0.25, 0.3) is 6.08 Å². The number of carbonyl (C=O) groups is 2. The molecule has 0 spiro atoms. The Hall–Kier alpha value is -1.82. The molecule has 0 bridgehead atoms. The van der Waals surface area contributed by atoms with Crippen molar-refractivity contribution < 1.29 is 19.4 Å². The van der Waals surface area contributed by atoms with E-state index in [1.165, 1.54) is 6.08 Å². The monoisotopic (exact) mass is 355 g/mol. The SMILES string of the molecule is CC(C)NC(=O)CCOc1c(Br)cccc1C=CC(=O)O. The largest absolute Gasteiger partial charge is 0.491 e. The molecule has 1 amide bonds. The molecule has 0 saturated carbocycles. The van der Waals surface area contributed by atoms with Crippen LogP contribution in [0.3, 0.4) is 0 Å². The first-order chi connectivity index (χ1) is 9.90. The van der Waals surface area contributed by atoms with Crippen LogP contribution >= 0.6 is 15.9 Å². The molecular weight excluding hydrogens is 338 g/mol. The predicted octanol–water partition coefficient (Wildman–Crippen LogP) is 2.84. The van der Waals surface area contributed by atoms with Gasteiger partial charge >= 0.3 is 5.97 Å². The molecule has 1 aromatic rings. The highest BCUT2D eigenvalue weighted by molar-refractivity contribution is 9.10. The van der Waals surface area contributed by atoms with Crippen LogP contribution in [0.4, 0.5) is 0 Å². The van der Waals surface area contributed by atoms with Gasteiger partial charge in [0.25, 0.3) is 0 Å². The fraction of sp³-hybridized carbons (Fsp3) is 0.333. The smallest absolute Gasteiger partial charge is 0.328 e. The number of nitrogens with one attached hydrogen (secondary N) is 1. The first-order valence-electron chi connectivity index (χ1n) is 6.52. The molecule has 0 aliphatic carbocycles. The lowest BCUT2D eigenvalue weighted by Gasteiger charge is -2.12. The van der Waals surface area contributed by atoms with Gasteiger partial charge in [-0.2, -0.15) is 0 Å². The molecule has 1 rings (SSSR count). The fourth-order valence-electron chi connectivity index (χ4n) is 1.61. The molecule has 0 aromatic heterocycles. The second-order valence-electron chi connectivity index (χ2n) is 4.65. The number of carboxylic acids is 1. The molecule has 5 nitrogen and oxygen atoms in total. The molecule has 6 heteroatoms. The average Bonchev–Trinajstić information content (AvgIpc) is 2.37. The van der Waals surface area contributed by atoms with Gasteiger partial charge in [0.15, 0.2) is 0 Å². The summed E-state index contributed by atoms with van der Waals surface area (Å²) in [6.45, 7) is 4.00. The molecule has 0 fully saturated rings. The van der Waals surface area contributed by atoms with E-state index in [0.717, 1.165) is 6.08 Å². The minimum absolute atomic E-state index is 0.0836. The van der Waals surface area contributed by atoms with Gasteiger partial charge in [-0.25, -0.2) is 4.79 Å². The summed E-state index contributed by atoms with van der Waals surface area (Å²) < 4.78 is 6.31. The highest BCUT2D eigenvalue weighted by atomic mass is 79.9. The molecular formula is C15H18BrNO4. The zero-order valence-corrected chi connectivity index (χ0v) is 13.5. The summed E-state index contributed by atoms with van der Waals surface area (Å²) in [5, 5.41) is 11.5. The van der Waals surface area contributed by atoms with E-state index in [9.17, 15) is 9.59 Å². The van der Waals surface area contributed by atoms with Crippen LogP contribution in [0.1, 0.15) is 25.8 Å². The fourth-order valence-corrected chi connectivity index (χ4v) is 2.11. The Kier molecular flexibility index (Phi) is 6.94. The van der Waals surface area contributed by atoms with Crippen molar-refractivity contribution in [2.45, 2.75) is 26.3 Å². The Morgan fingerprint density at radius 1 is 1.43 bits per heavy atom. The number of benzene rings is 1. The maximum absolute atomic E-state index is 11.5. The number of aliphatic carboxylic acids is 1. The van der Waals surface area contributed by atoms with Gasteiger partial charge in [0.05, 0.1) is 17.5 Å². The number of hydrogen-bond donors (Lipinski definition) is 2. The second kappa shape index (κ2) is 8.46. The number of ether oxygens (including phenoxy) is 1. The molecule has 0 aliphatic rings. The molecule has 114 valence electrons. The van der Waals surface area contributed by atoms with Crippen molar-refractivity contribution in [1.29, 1.82) is 0 Å². The molecule has 2 N–H and O–H groups in total. The predicted molar refractivity (Wildman–Crippen MR) is 84.2 cm³/mol. The molecule has 0 aliphatic heterocycles. The summed E-state index contributed by atoms with van der Waals surface area (Å²) in [5.74, 6) is -0.593. The van der Waals surface area contributed by atoms with Crippen molar-refractivity contribution in [2.75, 3.05) is 6.61 Å². The quantitative estimate of drug-likeness (QED) is 0.737. The maximum Gasteiger partial charge on any atom is 0.328 e. The van der Waals surface area contributed by atoms with Gasteiger partial charge in [-0.05, 0) is 41.9 Å². The summed E-state index contributed by atoms with van der Waals surface area (Å²) in [6, 6.07) is 5.41. The standard InChI is InChI=1S/C15H18BrNO4/c1-10(2)17-13(18)8-9-21-15-11(6-7-14(19)20)4-3-5-12(15)16/h3-7,10H,8-9H2,1-2H3,(H,17,18)(H,19,20). The van der Waals surface area contributed by atoms with E-state index >= 15 is 0 Å². The highest BCUT2D eigenvalue weighted by Gasteiger charge is 2.08. The van der Waals surface area contributed by atoms with E-state index in [4.69, 9.17) is 9.84 Å². The molecule has 0 atom stereocenters. The summed E-state index contributed by atoms with van der Waals surface area (Å²) in [4.78, 5) is 22.1. The van der Waals surface area contributed by atoms with E-state index < -0.39 is 5.97 Å². The summed E-state index contributed by atoms with van der Waals surface area (Å²) in [6.07, 6.45) is 2.73. The van der Waals surface area contributed by atoms with Crippen molar-refractivity contribution in [3.63, 3.8) is 0 Å². The molecule has 21 heavy (non-hydrogen) atoms. The van der Waals surface area contributed by atoms with Crippen LogP contribution < -0.4 is 10.1 Å². The van der Waals surface area contributed by atoms with Crippen molar-refractivity contribution in [2.24, 2.45) is 0 Å². The minimum atomic E-state index is -1.03. The van der Waals surface area contributed by atoms with E-state index in [2.05, 4.69) is 21.2 Å². The van der Waals surface area contributed by atoms with Gasteiger partial charge < -0.3 is 15.2 Å². The van der Waals surface area contributed by atoms with E-state index in [1.807, 2.05) is 13.8 Å². The lowest BCUT2D eigenvalue weighted by atomic mass is 10.2. The van der Waals surface area contributed by atoms with Gasteiger partial charge in [0.1, 0.15) is 5.75 Å². The lowest BCUT2D eigenvalue weighted by Crippen LogP contribution is -2.31. The van der Waals surface area contributed by atoms with Gasteiger partial charge in [0.2, 0.25) is 5.91 Å². The van der Waals surface area contributed by atoms with Crippen LogP contribution in [-0.4, -0.2) is 29.6 Å². The number of para-hydroxylation sites is 1. The maximum atomic E-state index is 11.5. The lowest BCUT2D eigenvalue weighted by molar-refractivity contribution is -0.131. The van der Waals surface area contributed by atoms with Crippen molar-refractivity contribution in [1.82, 2.24) is 5.32 Å². The van der Waals surface area contributed by atoms with Gasteiger partial charge in [-0.1, -0.05) is 12.1 Å². The molecule has 0 radical (unpaired) electrons. The second-order valence-corrected chi connectivity index (χ2v) is 5.50. The number of carboxylic acid groups (broad SMARTS) is 1. The molecule has 1 aromatic carbocycles. The summed E-state index contributed by atoms with van der Waals surface area (Å²) in [7, 11) is 0. The van der Waals surface area contributed by atoms with E-state index in [0.29, 0.717) is 15.8 Å². The average molecular weight is 356 g/mol. The number of hydrogen-bond acceptors (Lipinski definition) is 3. The van der Waals surface area contributed by atoms with E-state index in [-0.39, 0.29) is 25.0 Å². The van der Waals surface area contributed by atoms with E-state index in [1.54, 1.807) is 18.2 Å². The topological polar surface area (TPSA) is 75.6 Å². The molecule has 0 heterocycles. The van der Waals surface area contributed by atoms with Crippen LogP contribution in [0, 0.1) is 0 Å². The number of halogens is 1. The van der Waals surface area contributed by atoms with Crippen molar-refractivity contribution >= 4 is 33.9 Å². The zero-order chi connectivity index (χ0) is 15.8. The normalized spacial score (nSPS) is 10.9. The Labute approximate surface area is 132 Å². The van der Waals surface area contributed by atoms with Crippen LogP contribution in [0.15, 0.2) is 28.7 Å². The van der Waals surface area contributed by atoms with Crippen LogP contribution in [0.2, 0.25) is 0 Å². The Bertz CT molecular complexity index is 540. The summed E-state index contributed by atoms with van der Waals surface area (Å²) >= 11 is 3.35. The molecule has 0 unspecified atom stereocenters. The minimum Gasteiger partial charge on any atom is -0.491 e. The number of amides is 1. The summed E-state index contributed by atoms with van der Waals surface area (Å²) in [5.41, 5.74) is 0.635. The first kappa shape index (κ1) is 17.2. The Morgan fingerprint density at radius 3 is 2.76 bits per heavy atom.